The van der Waals surface area contributed by atoms with Crippen molar-refractivity contribution in [2.45, 2.75) is 6.92 Å². The fourth-order valence-electron chi connectivity index (χ4n) is 1.99. The molecule has 0 amide bonds. The van der Waals surface area contributed by atoms with Crippen LogP contribution >= 0.6 is 0 Å². The van der Waals surface area contributed by atoms with Crippen LogP contribution in [-0.4, -0.2) is 27.3 Å². The van der Waals surface area contributed by atoms with Gasteiger partial charge in [0.05, 0.1) is 24.4 Å². The molecule has 1 aromatic carbocycles. The van der Waals surface area contributed by atoms with E-state index in [0.29, 0.717) is 11.5 Å². The van der Waals surface area contributed by atoms with Crippen molar-refractivity contribution in [1.82, 2.24) is 20.2 Å². The van der Waals surface area contributed by atoms with Crippen LogP contribution in [0.2, 0.25) is 0 Å². The van der Waals surface area contributed by atoms with Crippen LogP contribution in [-0.2, 0) is 0 Å². The van der Waals surface area contributed by atoms with Crippen molar-refractivity contribution in [3.05, 3.63) is 30.0 Å². The number of benzene rings is 1. The standard InChI is InChI=1S/C13H14N6O/c1-7-3-4-10(20-2)9(5-7)16-11-8-6-15-19-12(8)18-13(14)17-11/h3-6H,1-2H3,(H4,14,15,16,17,18,19). The zero-order valence-corrected chi connectivity index (χ0v) is 11.1. The number of ether oxygens (including phenoxy) is 1. The summed E-state index contributed by atoms with van der Waals surface area (Å²) in [5.74, 6) is 1.49. The summed E-state index contributed by atoms with van der Waals surface area (Å²) >= 11 is 0. The molecule has 0 saturated heterocycles. The highest BCUT2D eigenvalue weighted by molar-refractivity contribution is 5.89. The minimum absolute atomic E-state index is 0.177. The highest BCUT2D eigenvalue weighted by Crippen LogP contribution is 2.30. The lowest BCUT2D eigenvalue weighted by Gasteiger charge is -2.12. The lowest BCUT2D eigenvalue weighted by atomic mass is 10.2. The molecule has 0 aliphatic rings. The molecule has 0 aliphatic heterocycles. The highest BCUT2D eigenvalue weighted by atomic mass is 16.5. The van der Waals surface area contributed by atoms with Gasteiger partial charge in [-0.25, -0.2) is 0 Å². The Morgan fingerprint density at radius 1 is 1.30 bits per heavy atom. The highest BCUT2D eigenvalue weighted by Gasteiger charge is 2.10. The third-order valence-corrected chi connectivity index (χ3v) is 2.94. The summed E-state index contributed by atoms with van der Waals surface area (Å²) in [7, 11) is 1.62. The molecule has 3 aromatic rings. The van der Waals surface area contributed by atoms with Crippen LogP contribution in [0.4, 0.5) is 17.5 Å². The first-order chi connectivity index (χ1) is 9.67. The average Bonchev–Trinajstić information content (AvgIpc) is 2.87. The van der Waals surface area contributed by atoms with E-state index in [-0.39, 0.29) is 5.95 Å². The fourth-order valence-corrected chi connectivity index (χ4v) is 1.99. The number of aryl methyl sites for hydroxylation is 1. The van der Waals surface area contributed by atoms with Gasteiger partial charge in [0.2, 0.25) is 5.95 Å². The summed E-state index contributed by atoms with van der Waals surface area (Å²) in [6.45, 7) is 2.01. The zero-order chi connectivity index (χ0) is 14.1. The molecule has 4 N–H and O–H groups in total. The van der Waals surface area contributed by atoms with Crippen molar-refractivity contribution < 1.29 is 4.74 Å². The van der Waals surface area contributed by atoms with Crippen molar-refractivity contribution in [2.24, 2.45) is 0 Å². The van der Waals surface area contributed by atoms with Gasteiger partial charge < -0.3 is 15.8 Å². The number of anilines is 3. The van der Waals surface area contributed by atoms with E-state index in [1.165, 1.54) is 0 Å². The van der Waals surface area contributed by atoms with Crippen molar-refractivity contribution in [1.29, 1.82) is 0 Å². The maximum absolute atomic E-state index is 5.70. The molecule has 3 rings (SSSR count). The van der Waals surface area contributed by atoms with Crippen molar-refractivity contribution in [2.75, 3.05) is 18.2 Å². The first-order valence-electron chi connectivity index (χ1n) is 6.05. The number of nitrogens with zero attached hydrogens (tertiary/aromatic N) is 3. The van der Waals surface area contributed by atoms with Crippen LogP contribution < -0.4 is 15.8 Å². The van der Waals surface area contributed by atoms with Gasteiger partial charge in [-0.15, -0.1) is 0 Å². The van der Waals surface area contributed by atoms with Crippen LogP contribution in [0, 0.1) is 6.92 Å². The number of aromatic amines is 1. The van der Waals surface area contributed by atoms with E-state index in [1.807, 2.05) is 25.1 Å². The van der Waals surface area contributed by atoms with E-state index < -0.39 is 0 Å². The maximum atomic E-state index is 5.70. The molecule has 0 unspecified atom stereocenters. The van der Waals surface area contributed by atoms with Crippen molar-refractivity contribution in [3.63, 3.8) is 0 Å². The van der Waals surface area contributed by atoms with E-state index >= 15 is 0 Å². The molecule has 0 atom stereocenters. The number of fused-ring (bicyclic) bond motifs is 1. The fraction of sp³-hybridized carbons (Fsp3) is 0.154. The van der Waals surface area contributed by atoms with Gasteiger partial charge in [0, 0.05) is 0 Å². The Bertz CT molecular complexity index is 767. The summed E-state index contributed by atoms with van der Waals surface area (Å²) in [5.41, 5.74) is 8.21. The lowest BCUT2D eigenvalue weighted by Crippen LogP contribution is -2.02. The molecule has 0 radical (unpaired) electrons. The molecule has 7 nitrogen and oxygen atoms in total. The number of nitrogen functional groups attached to an aromatic ring is 1. The topological polar surface area (TPSA) is 102 Å². The van der Waals surface area contributed by atoms with Gasteiger partial charge in [0.25, 0.3) is 0 Å². The Kier molecular flexibility index (Phi) is 2.86. The van der Waals surface area contributed by atoms with Crippen LogP contribution in [0.1, 0.15) is 5.56 Å². The summed E-state index contributed by atoms with van der Waals surface area (Å²) in [6.07, 6.45) is 1.65. The summed E-state index contributed by atoms with van der Waals surface area (Å²) in [5, 5.41) is 10.7. The molecule has 0 fully saturated rings. The quantitative estimate of drug-likeness (QED) is 0.672. The van der Waals surface area contributed by atoms with Crippen LogP contribution in [0.15, 0.2) is 24.4 Å². The van der Waals surface area contributed by atoms with E-state index in [4.69, 9.17) is 10.5 Å². The first-order valence-corrected chi connectivity index (χ1v) is 6.05. The Hall–Kier alpha value is -2.83. The van der Waals surface area contributed by atoms with Crippen LogP contribution in [0.3, 0.4) is 0 Å². The molecule has 20 heavy (non-hydrogen) atoms. The molecule has 0 aliphatic carbocycles. The monoisotopic (exact) mass is 270 g/mol. The summed E-state index contributed by atoms with van der Waals surface area (Å²) < 4.78 is 5.34. The van der Waals surface area contributed by atoms with Crippen LogP contribution in [0.25, 0.3) is 11.0 Å². The Morgan fingerprint density at radius 2 is 2.15 bits per heavy atom. The number of rotatable bonds is 3. The normalized spacial score (nSPS) is 10.7. The van der Waals surface area contributed by atoms with Gasteiger partial charge >= 0.3 is 0 Å². The predicted molar refractivity (Wildman–Crippen MR) is 77.1 cm³/mol. The number of aromatic nitrogens is 4. The van der Waals surface area contributed by atoms with Gasteiger partial charge in [0.15, 0.2) is 5.65 Å². The molecule has 102 valence electrons. The number of nitrogens with two attached hydrogens (primary N) is 1. The molecule has 7 heteroatoms. The van der Waals surface area contributed by atoms with E-state index in [0.717, 1.165) is 22.4 Å². The van der Waals surface area contributed by atoms with Gasteiger partial charge in [-0.2, -0.15) is 15.1 Å². The molecular formula is C13H14N6O. The van der Waals surface area contributed by atoms with Gasteiger partial charge in [-0.3, -0.25) is 5.10 Å². The van der Waals surface area contributed by atoms with E-state index in [2.05, 4.69) is 25.5 Å². The Morgan fingerprint density at radius 3 is 2.95 bits per heavy atom. The van der Waals surface area contributed by atoms with Gasteiger partial charge in [-0.05, 0) is 24.6 Å². The molecular weight excluding hydrogens is 256 g/mol. The number of H-pyrrole nitrogens is 1. The zero-order valence-electron chi connectivity index (χ0n) is 11.1. The maximum Gasteiger partial charge on any atom is 0.224 e. The average molecular weight is 270 g/mol. The lowest BCUT2D eigenvalue weighted by molar-refractivity contribution is 0.416. The molecule has 0 bridgehead atoms. The number of nitrogens with one attached hydrogen (secondary N) is 2. The Labute approximate surface area is 115 Å². The summed E-state index contributed by atoms with van der Waals surface area (Å²) in [6, 6.07) is 5.85. The number of hydrogen-bond donors (Lipinski definition) is 3. The van der Waals surface area contributed by atoms with E-state index in [9.17, 15) is 0 Å². The second-order valence-electron chi connectivity index (χ2n) is 4.39. The number of hydrogen-bond acceptors (Lipinski definition) is 6. The van der Waals surface area contributed by atoms with Gasteiger partial charge in [-0.1, -0.05) is 6.07 Å². The molecule has 2 aromatic heterocycles. The predicted octanol–water partition coefficient (Wildman–Crippen LogP) is 2.00. The third-order valence-electron chi connectivity index (χ3n) is 2.94. The second kappa shape index (κ2) is 4.69. The second-order valence-corrected chi connectivity index (χ2v) is 4.39. The van der Waals surface area contributed by atoms with Gasteiger partial charge in [0.1, 0.15) is 11.6 Å². The van der Waals surface area contributed by atoms with E-state index in [1.54, 1.807) is 13.3 Å². The minimum atomic E-state index is 0.177. The Balaban J connectivity index is 2.09. The minimum Gasteiger partial charge on any atom is -0.495 e. The summed E-state index contributed by atoms with van der Waals surface area (Å²) in [4.78, 5) is 8.29. The first kappa shape index (κ1) is 12.2. The molecule has 2 heterocycles. The molecule has 0 spiro atoms. The van der Waals surface area contributed by atoms with Crippen molar-refractivity contribution in [3.8, 4) is 5.75 Å². The number of methoxy groups -OCH3 is 1. The van der Waals surface area contributed by atoms with Crippen molar-refractivity contribution >= 4 is 28.5 Å². The SMILES string of the molecule is COc1ccc(C)cc1Nc1nc(N)nc2[nH]ncc12. The largest absolute Gasteiger partial charge is 0.495 e. The smallest absolute Gasteiger partial charge is 0.224 e. The molecule has 0 saturated carbocycles. The van der Waals surface area contributed by atoms with Crippen LogP contribution in [0.5, 0.6) is 5.75 Å². The third kappa shape index (κ3) is 2.09.